The van der Waals surface area contributed by atoms with Crippen LogP contribution >= 0.6 is 0 Å². The van der Waals surface area contributed by atoms with Crippen molar-refractivity contribution in [3.05, 3.63) is 23.8 Å². The number of rotatable bonds is 5. The highest BCUT2D eigenvalue weighted by Gasteiger charge is 2.16. The average Bonchev–Trinajstić information content (AvgIpc) is 2.27. The molecule has 0 N–H and O–H groups in total. The Morgan fingerprint density at radius 2 is 2.06 bits per heavy atom. The fraction of sp³-hybridized carbons (Fsp3) is 0.417. The van der Waals surface area contributed by atoms with E-state index in [0.717, 1.165) is 18.1 Å². The van der Waals surface area contributed by atoms with Crippen molar-refractivity contribution < 1.29 is 17.9 Å². The highest BCUT2D eigenvalue weighted by molar-refractivity contribution is 7.90. The van der Waals surface area contributed by atoms with Crippen molar-refractivity contribution in [3.8, 4) is 5.75 Å². The number of carbonyl (C=O) groups is 1. The van der Waals surface area contributed by atoms with E-state index in [-0.39, 0.29) is 10.8 Å². The summed E-state index contributed by atoms with van der Waals surface area (Å²) < 4.78 is 28.2. The maximum Gasteiger partial charge on any atom is 0.179 e. The first-order valence-corrected chi connectivity index (χ1v) is 7.11. The first-order chi connectivity index (χ1) is 7.90. The van der Waals surface area contributed by atoms with Crippen molar-refractivity contribution in [3.63, 3.8) is 0 Å². The van der Waals surface area contributed by atoms with Crippen LogP contribution < -0.4 is 4.74 Å². The Bertz CT molecular complexity index is 505. The number of hydrogen-bond acceptors (Lipinski definition) is 4. The number of benzene rings is 1. The molecule has 94 valence electrons. The smallest absolute Gasteiger partial charge is 0.179 e. The molecule has 0 bridgehead atoms. The zero-order valence-corrected chi connectivity index (χ0v) is 11.0. The van der Waals surface area contributed by atoms with Crippen molar-refractivity contribution in [2.45, 2.75) is 24.2 Å². The molecular weight excluding hydrogens is 240 g/mol. The van der Waals surface area contributed by atoms with Gasteiger partial charge in [-0.3, -0.25) is 0 Å². The minimum absolute atomic E-state index is 0.00101. The molecule has 0 fully saturated rings. The third-order valence-electron chi connectivity index (χ3n) is 2.61. The lowest BCUT2D eigenvalue weighted by atomic mass is 9.98. The van der Waals surface area contributed by atoms with Gasteiger partial charge in [-0.2, -0.15) is 0 Å². The molecule has 1 aromatic rings. The van der Waals surface area contributed by atoms with E-state index in [1.807, 2.05) is 6.92 Å². The van der Waals surface area contributed by atoms with Crippen molar-refractivity contribution in [2.24, 2.45) is 0 Å². The molecule has 0 spiro atoms. The minimum Gasteiger partial charge on any atom is -0.495 e. The Hall–Kier alpha value is -1.36. The van der Waals surface area contributed by atoms with Gasteiger partial charge in [0, 0.05) is 12.7 Å². The van der Waals surface area contributed by atoms with Crippen molar-refractivity contribution in [2.75, 3.05) is 13.4 Å². The zero-order chi connectivity index (χ0) is 13.1. The van der Waals surface area contributed by atoms with Crippen LogP contribution in [0.15, 0.2) is 23.1 Å². The van der Waals surface area contributed by atoms with Crippen LogP contribution in [-0.4, -0.2) is 28.1 Å². The van der Waals surface area contributed by atoms with Crippen molar-refractivity contribution in [1.29, 1.82) is 0 Å². The zero-order valence-electron chi connectivity index (χ0n) is 10.1. The highest BCUT2D eigenvalue weighted by atomic mass is 32.2. The monoisotopic (exact) mass is 256 g/mol. The second-order valence-corrected chi connectivity index (χ2v) is 5.97. The summed E-state index contributed by atoms with van der Waals surface area (Å²) in [7, 11) is -1.90. The molecule has 4 nitrogen and oxygen atoms in total. The summed E-state index contributed by atoms with van der Waals surface area (Å²) in [4.78, 5) is 10.6. The molecule has 0 aliphatic heterocycles. The average molecular weight is 256 g/mol. The van der Waals surface area contributed by atoms with Crippen LogP contribution in [0.25, 0.3) is 0 Å². The molecule has 1 atom stereocenters. The SMILES string of the molecule is COc1ccc(C(C)CC=O)cc1S(C)(=O)=O. The molecular formula is C12H16O4S. The quantitative estimate of drug-likeness (QED) is 0.754. The maximum absolute atomic E-state index is 11.6. The summed E-state index contributed by atoms with van der Waals surface area (Å²) in [5.74, 6) is 0.327. The standard InChI is InChI=1S/C12H16O4S/c1-9(6-7-13)10-4-5-11(16-2)12(8-10)17(3,14)15/h4-5,7-9H,6H2,1-3H3. The third kappa shape index (κ3) is 3.30. The Labute approximate surface area is 102 Å². The second kappa shape index (κ2) is 5.31. The largest absolute Gasteiger partial charge is 0.495 e. The number of methoxy groups -OCH3 is 1. The van der Waals surface area contributed by atoms with E-state index in [1.54, 1.807) is 18.2 Å². The summed E-state index contributed by atoms with van der Waals surface area (Å²) >= 11 is 0. The summed E-state index contributed by atoms with van der Waals surface area (Å²) in [6, 6.07) is 4.97. The van der Waals surface area contributed by atoms with Gasteiger partial charge in [-0.15, -0.1) is 0 Å². The van der Waals surface area contributed by atoms with Gasteiger partial charge < -0.3 is 9.53 Å². The van der Waals surface area contributed by atoms with Crippen LogP contribution in [0.3, 0.4) is 0 Å². The molecule has 0 aliphatic carbocycles. The topological polar surface area (TPSA) is 60.4 Å². The van der Waals surface area contributed by atoms with Crippen LogP contribution in [-0.2, 0) is 14.6 Å². The predicted octanol–water partition coefficient (Wildman–Crippen LogP) is 1.79. The number of carbonyl (C=O) groups excluding carboxylic acids is 1. The van der Waals surface area contributed by atoms with Gasteiger partial charge in [-0.25, -0.2) is 8.42 Å². The fourth-order valence-electron chi connectivity index (χ4n) is 1.57. The highest BCUT2D eigenvalue weighted by Crippen LogP contribution is 2.28. The van der Waals surface area contributed by atoms with Crippen LogP contribution in [0.5, 0.6) is 5.75 Å². The molecule has 0 heterocycles. The Morgan fingerprint density at radius 1 is 1.41 bits per heavy atom. The summed E-state index contributed by atoms with van der Waals surface area (Å²) in [5.41, 5.74) is 0.818. The van der Waals surface area contributed by atoms with Gasteiger partial charge in [-0.05, 0) is 23.6 Å². The molecule has 1 rings (SSSR count). The van der Waals surface area contributed by atoms with Gasteiger partial charge in [0.25, 0.3) is 0 Å². The van der Waals surface area contributed by atoms with Gasteiger partial charge in [0.05, 0.1) is 7.11 Å². The number of aldehydes is 1. The molecule has 0 radical (unpaired) electrons. The first kappa shape index (κ1) is 13.7. The van der Waals surface area contributed by atoms with Crippen LogP contribution in [0.1, 0.15) is 24.8 Å². The predicted molar refractivity (Wildman–Crippen MR) is 65.2 cm³/mol. The third-order valence-corrected chi connectivity index (χ3v) is 3.72. The van der Waals surface area contributed by atoms with Gasteiger partial charge in [-0.1, -0.05) is 13.0 Å². The Morgan fingerprint density at radius 3 is 2.53 bits per heavy atom. The molecule has 0 aliphatic rings. The lowest BCUT2D eigenvalue weighted by molar-refractivity contribution is -0.108. The molecule has 0 amide bonds. The van der Waals surface area contributed by atoms with Gasteiger partial charge in [0.1, 0.15) is 16.9 Å². The number of hydrogen-bond donors (Lipinski definition) is 0. The van der Waals surface area contributed by atoms with E-state index in [2.05, 4.69) is 0 Å². The molecule has 1 aromatic carbocycles. The normalized spacial score (nSPS) is 13.1. The van der Waals surface area contributed by atoms with E-state index < -0.39 is 9.84 Å². The van der Waals surface area contributed by atoms with Crippen molar-refractivity contribution in [1.82, 2.24) is 0 Å². The molecule has 17 heavy (non-hydrogen) atoms. The summed E-state index contributed by atoms with van der Waals surface area (Å²) in [5, 5.41) is 0. The maximum atomic E-state index is 11.6. The molecule has 1 unspecified atom stereocenters. The number of sulfone groups is 1. The van der Waals surface area contributed by atoms with E-state index >= 15 is 0 Å². The molecule has 0 saturated heterocycles. The first-order valence-electron chi connectivity index (χ1n) is 5.21. The lowest BCUT2D eigenvalue weighted by Crippen LogP contribution is -2.03. The van der Waals surface area contributed by atoms with Gasteiger partial charge in [0.2, 0.25) is 0 Å². The Balaban J connectivity index is 3.27. The van der Waals surface area contributed by atoms with E-state index in [0.29, 0.717) is 12.2 Å². The molecule has 0 aromatic heterocycles. The molecule has 5 heteroatoms. The van der Waals surface area contributed by atoms with E-state index in [1.165, 1.54) is 7.11 Å². The summed E-state index contributed by atoms with van der Waals surface area (Å²) in [6.45, 7) is 1.88. The van der Waals surface area contributed by atoms with Gasteiger partial charge >= 0.3 is 0 Å². The van der Waals surface area contributed by atoms with E-state index in [4.69, 9.17) is 4.74 Å². The molecule has 0 saturated carbocycles. The number of ether oxygens (including phenoxy) is 1. The second-order valence-electron chi connectivity index (χ2n) is 3.99. The fourth-order valence-corrected chi connectivity index (χ4v) is 2.44. The minimum atomic E-state index is -3.33. The van der Waals surface area contributed by atoms with Crippen LogP contribution in [0.4, 0.5) is 0 Å². The van der Waals surface area contributed by atoms with Crippen LogP contribution in [0, 0.1) is 0 Å². The van der Waals surface area contributed by atoms with Crippen molar-refractivity contribution >= 4 is 16.1 Å². The Kier molecular flexibility index (Phi) is 4.28. The van der Waals surface area contributed by atoms with Gasteiger partial charge in [0.15, 0.2) is 9.84 Å². The van der Waals surface area contributed by atoms with Crippen LogP contribution in [0.2, 0.25) is 0 Å². The summed E-state index contributed by atoms with van der Waals surface area (Å²) in [6.07, 6.45) is 2.34. The van der Waals surface area contributed by atoms with E-state index in [9.17, 15) is 13.2 Å². The lowest BCUT2D eigenvalue weighted by Gasteiger charge is -2.12.